The van der Waals surface area contributed by atoms with E-state index in [4.69, 9.17) is 9.73 Å². The minimum Gasteiger partial charge on any atom is -0.478 e. The molecule has 0 unspecified atom stereocenters. The Kier molecular flexibility index (Phi) is 3.79. The number of rotatable bonds is 4. The van der Waals surface area contributed by atoms with Crippen LogP contribution < -0.4 is 0 Å². The van der Waals surface area contributed by atoms with E-state index in [-0.39, 0.29) is 12.0 Å². The monoisotopic (exact) mass is 317 g/mol. The maximum absolute atomic E-state index is 11.7. The SMILES string of the molecule is OC(c1ccccc1)(c1ccccc1)[C@@H]1COC(C2C=CC=C2)=N1. The molecular weight excluding hydrogens is 298 g/mol. The van der Waals surface area contributed by atoms with Crippen molar-refractivity contribution in [3.05, 3.63) is 96.1 Å². The van der Waals surface area contributed by atoms with Crippen LogP contribution >= 0.6 is 0 Å². The maximum Gasteiger partial charge on any atom is 0.194 e. The zero-order chi connectivity index (χ0) is 16.4. The Morgan fingerprint density at radius 1 is 0.875 bits per heavy atom. The lowest BCUT2D eigenvalue weighted by Crippen LogP contribution is -2.40. The molecule has 0 amide bonds. The highest BCUT2D eigenvalue weighted by atomic mass is 16.5. The molecule has 24 heavy (non-hydrogen) atoms. The molecule has 2 aromatic carbocycles. The van der Waals surface area contributed by atoms with Gasteiger partial charge in [-0.2, -0.15) is 0 Å². The first-order valence-electron chi connectivity index (χ1n) is 8.17. The van der Waals surface area contributed by atoms with Gasteiger partial charge in [-0.1, -0.05) is 85.0 Å². The zero-order valence-corrected chi connectivity index (χ0v) is 13.2. The Balaban J connectivity index is 1.77. The predicted molar refractivity (Wildman–Crippen MR) is 94.8 cm³/mol. The summed E-state index contributed by atoms with van der Waals surface area (Å²) in [5.74, 6) is 0.751. The fourth-order valence-electron chi connectivity index (χ4n) is 3.32. The van der Waals surface area contributed by atoms with E-state index in [0.717, 1.165) is 11.1 Å². The number of hydrogen-bond acceptors (Lipinski definition) is 3. The fraction of sp³-hybridized carbons (Fsp3) is 0.190. The van der Waals surface area contributed by atoms with Crippen LogP contribution in [0.3, 0.4) is 0 Å². The molecule has 0 aromatic heterocycles. The molecular formula is C21H19NO2. The van der Waals surface area contributed by atoms with Gasteiger partial charge in [0.05, 0.1) is 5.92 Å². The van der Waals surface area contributed by atoms with E-state index in [2.05, 4.69) is 0 Å². The van der Waals surface area contributed by atoms with Crippen LogP contribution in [0.25, 0.3) is 0 Å². The molecule has 1 aliphatic heterocycles. The largest absolute Gasteiger partial charge is 0.478 e. The fourth-order valence-corrected chi connectivity index (χ4v) is 3.32. The molecule has 120 valence electrons. The van der Waals surface area contributed by atoms with E-state index in [9.17, 15) is 5.11 Å². The Bertz CT molecular complexity index is 742. The molecule has 1 atom stereocenters. The van der Waals surface area contributed by atoms with E-state index in [1.54, 1.807) is 0 Å². The van der Waals surface area contributed by atoms with Crippen molar-refractivity contribution in [3.8, 4) is 0 Å². The van der Waals surface area contributed by atoms with E-state index in [1.165, 1.54) is 0 Å². The van der Waals surface area contributed by atoms with Crippen LogP contribution in [-0.4, -0.2) is 23.7 Å². The second-order valence-corrected chi connectivity index (χ2v) is 6.09. The van der Waals surface area contributed by atoms with Crippen LogP contribution in [0.1, 0.15) is 11.1 Å². The van der Waals surface area contributed by atoms with Crippen molar-refractivity contribution in [3.63, 3.8) is 0 Å². The second-order valence-electron chi connectivity index (χ2n) is 6.09. The van der Waals surface area contributed by atoms with Crippen LogP contribution in [0.5, 0.6) is 0 Å². The lowest BCUT2D eigenvalue weighted by Gasteiger charge is -2.32. The number of allylic oxidation sites excluding steroid dienone is 2. The second kappa shape index (κ2) is 6.10. The predicted octanol–water partition coefficient (Wildman–Crippen LogP) is 3.46. The molecule has 2 aliphatic rings. The summed E-state index contributed by atoms with van der Waals surface area (Å²) in [5, 5.41) is 11.7. The summed E-state index contributed by atoms with van der Waals surface area (Å²) in [5.41, 5.74) is 0.440. The smallest absolute Gasteiger partial charge is 0.194 e. The molecule has 0 saturated carbocycles. The standard InChI is InChI=1S/C21H19NO2/c23-21(17-11-3-1-4-12-17,18-13-5-2-6-14-18)19-15-24-20(22-19)16-9-7-8-10-16/h1-14,16,19,23H,15H2/t19-/m0/s1. The quantitative estimate of drug-likeness (QED) is 0.938. The Hall–Kier alpha value is -2.65. The van der Waals surface area contributed by atoms with Crippen molar-refractivity contribution in [1.82, 2.24) is 0 Å². The molecule has 4 rings (SSSR count). The summed E-state index contributed by atoms with van der Waals surface area (Å²) in [4.78, 5) is 4.74. The molecule has 2 aromatic rings. The van der Waals surface area contributed by atoms with Gasteiger partial charge in [0.2, 0.25) is 0 Å². The topological polar surface area (TPSA) is 41.8 Å². The number of ether oxygens (including phenoxy) is 1. The molecule has 0 saturated heterocycles. The lowest BCUT2D eigenvalue weighted by molar-refractivity contribution is 0.0428. The van der Waals surface area contributed by atoms with Gasteiger partial charge in [-0.3, -0.25) is 0 Å². The van der Waals surface area contributed by atoms with Gasteiger partial charge in [0.25, 0.3) is 0 Å². The van der Waals surface area contributed by atoms with Gasteiger partial charge < -0.3 is 9.84 Å². The summed E-state index contributed by atoms with van der Waals surface area (Å²) in [6.45, 7) is 0.369. The minimum absolute atomic E-state index is 0.0748. The normalized spacial score (nSPS) is 20.2. The summed E-state index contributed by atoms with van der Waals surface area (Å²) >= 11 is 0. The van der Waals surface area contributed by atoms with Crippen LogP contribution in [0.2, 0.25) is 0 Å². The van der Waals surface area contributed by atoms with Crippen molar-refractivity contribution in [2.75, 3.05) is 6.61 Å². The van der Waals surface area contributed by atoms with Gasteiger partial charge in [-0.25, -0.2) is 4.99 Å². The van der Waals surface area contributed by atoms with Gasteiger partial charge in [0, 0.05) is 0 Å². The molecule has 1 N–H and O–H groups in total. The Morgan fingerprint density at radius 2 is 1.42 bits per heavy atom. The third-order valence-electron chi connectivity index (χ3n) is 4.62. The van der Waals surface area contributed by atoms with Crippen molar-refractivity contribution in [1.29, 1.82) is 0 Å². The Morgan fingerprint density at radius 3 is 1.96 bits per heavy atom. The molecule has 0 radical (unpaired) electrons. The Labute approximate surface area is 141 Å². The average Bonchev–Trinajstić information content (AvgIpc) is 3.34. The highest BCUT2D eigenvalue weighted by molar-refractivity contribution is 5.84. The van der Waals surface area contributed by atoms with Gasteiger partial charge in [0.1, 0.15) is 18.2 Å². The molecule has 0 bridgehead atoms. The molecule has 1 heterocycles. The molecule has 3 nitrogen and oxygen atoms in total. The molecule has 1 aliphatic carbocycles. The van der Waals surface area contributed by atoms with Crippen molar-refractivity contribution in [2.24, 2.45) is 10.9 Å². The van der Waals surface area contributed by atoms with Gasteiger partial charge >= 0.3 is 0 Å². The minimum atomic E-state index is -1.21. The number of aliphatic hydroxyl groups is 1. The zero-order valence-electron chi connectivity index (χ0n) is 13.2. The van der Waals surface area contributed by atoms with Crippen molar-refractivity contribution < 1.29 is 9.84 Å². The van der Waals surface area contributed by atoms with E-state index in [0.29, 0.717) is 12.5 Å². The van der Waals surface area contributed by atoms with Gasteiger partial charge in [0.15, 0.2) is 5.90 Å². The van der Waals surface area contributed by atoms with Crippen LogP contribution in [0.15, 0.2) is 90.0 Å². The van der Waals surface area contributed by atoms with E-state index in [1.807, 2.05) is 85.0 Å². The highest BCUT2D eigenvalue weighted by Crippen LogP contribution is 2.37. The molecule has 3 heteroatoms. The lowest BCUT2D eigenvalue weighted by atomic mass is 9.81. The van der Waals surface area contributed by atoms with Crippen LogP contribution in [0.4, 0.5) is 0 Å². The summed E-state index contributed by atoms with van der Waals surface area (Å²) in [6, 6.07) is 19.0. The number of hydrogen-bond donors (Lipinski definition) is 1. The number of benzene rings is 2. The van der Waals surface area contributed by atoms with Gasteiger partial charge in [-0.05, 0) is 11.1 Å². The first-order valence-corrected chi connectivity index (χ1v) is 8.17. The first-order chi connectivity index (χ1) is 11.8. The maximum atomic E-state index is 11.7. The summed E-state index contributed by atoms with van der Waals surface area (Å²) < 4.78 is 5.83. The number of nitrogens with zero attached hydrogens (tertiary/aromatic N) is 1. The summed E-state index contributed by atoms with van der Waals surface area (Å²) in [7, 11) is 0. The van der Waals surface area contributed by atoms with Gasteiger partial charge in [-0.15, -0.1) is 0 Å². The molecule has 0 fully saturated rings. The van der Waals surface area contributed by atoms with Crippen molar-refractivity contribution >= 4 is 5.90 Å². The van der Waals surface area contributed by atoms with E-state index < -0.39 is 5.60 Å². The average molecular weight is 317 g/mol. The third-order valence-corrected chi connectivity index (χ3v) is 4.62. The summed E-state index contributed by atoms with van der Waals surface area (Å²) in [6.07, 6.45) is 8.07. The van der Waals surface area contributed by atoms with E-state index >= 15 is 0 Å². The van der Waals surface area contributed by atoms with Crippen LogP contribution in [0, 0.1) is 5.92 Å². The van der Waals surface area contributed by atoms with Crippen molar-refractivity contribution in [2.45, 2.75) is 11.6 Å². The molecule has 0 spiro atoms. The highest BCUT2D eigenvalue weighted by Gasteiger charge is 2.44. The van der Waals surface area contributed by atoms with Crippen LogP contribution in [-0.2, 0) is 10.3 Å². The third kappa shape index (κ3) is 2.47. The number of aliphatic imine (C=N–C) groups is 1. The first kappa shape index (κ1) is 14.9.